The minimum absolute atomic E-state index is 0.380. The van der Waals surface area contributed by atoms with Gasteiger partial charge in [0.1, 0.15) is 16.7 Å². The molecule has 0 spiro atoms. The Morgan fingerprint density at radius 1 is 1.06 bits per heavy atom. The Morgan fingerprint density at radius 2 is 1.78 bits per heavy atom. The van der Waals surface area contributed by atoms with E-state index in [4.69, 9.17) is 21.1 Å². The number of aromatic nitrogens is 2. The van der Waals surface area contributed by atoms with Gasteiger partial charge in [0, 0.05) is 12.5 Å². The van der Waals surface area contributed by atoms with Gasteiger partial charge in [0.2, 0.25) is 5.88 Å². The molecule has 0 aliphatic heterocycles. The fourth-order valence-corrected chi connectivity index (χ4v) is 1.74. The van der Waals surface area contributed by atoms with Gasteiger partial charge in [-0.1, -0.05) is 23.7 Å². The van der Waals surface area contributed by atoms with E-state index in [2.05, 4.69) is 9.97 Å². The first kappa shape index (κ1) is 12.6. The number of hydrogen-bond donors (Lipinski definition) is 0. The number of nitrogens with zero attached hydrogens (tertiary/aromatic N) is 2. The van der Waals surface area contributed by atoms with E-state index in [1.807, 2.05) is 24.3 Å². The lowest BCUT2D eigenvalue weighted by molar-refractivity contribution is 0.395. The van der Waals surface area contributed by atoms with E-state index < -0.39 is 0 Å². The fourth-order valence-electron chi connectivity index (χ4n) is 1.55. The van der Waals surface area contributed by atoms with Gasteiger partial charge in [-0.15, -0.1) is 0 Å². The summed E-state index contributed by atoms with van der Waals surface area (Å²) in [7, 11) is 3.19. The van der Waals surface area contributed by atoms with E-state index in [1.54, 1.807) is 20.3 Å². The molecule has 0 saturated carbocycles. The number of benzene rings is 1. The lowest BCUT2D eigenvalue weighted by Gasteiger charge is -2.05. The Hall–Kier alpha value is -1.81. The largest absolute Gasteiger partial charge is 0.497 e. The Bertz CT molecular complexity index is 529. The first-order chi connectivity index (χ1) is 8.71. The van der Waals surface area contributed by atoms with Crippen molar-refractivity contribution in [3.8, 4) is 11.6 Å². The minimum atomic E-state index is 0.380. The molecule has 0 aliphatic rings. The van der Waals surface area contributed by atoms with E-state index in [1.165, 1.54) is 0 Å². The summed E-state index contributed by atoms with van der Waals surface area (Å²) < 4.78 is 10.2. The third kappa shape index (κ3) is 3.11. The molecule has 94 valence electrons. The molecule has 18 heavy (non-hydrogen) atoms. The molecule has 0 fully saturated rings. The van der Waals surface area contributed by atoms with Gasteiger partial charge in [0.05, 0.1) is 14.2 Å². The monoisotopic (exact) mass is 264 g/mol. The van der Waals surface area contributed by atoms with E-state index >= 15 is 0 Å². The SMILES string of the molecule is COc1ccc(Cc2nc(Cl)cc(OC)n2)cc1. The molecule has 0 amide bonds. The first-order valence-corrected chi connectivity index (χ1v) is 5.79. The standard InChI is InChI=1S/C13H13ClN2O2/c1-17-10-5-3-9(4-6-10)7-12-15-11(14)8-13(16-12)18-2/h3-6,8H,7H2,1-2H3. The summed E-state index contributed by atoms with van der Waals surface area (Å²) in [6, 6.07) is 9.32. The van der Waals surface area contributed by atoms with Crippen LogP contribution in [0.1, 0.15) is 11.4 Å². The molecule has 1 heterocycles. The summed E-state index contributed by atoms with van der Waals surface area (Å²) in [4.78, 5) is 8.40. The molecular formula is C13H13ClN2O2. The number of ether oxygens (including phenoxy) is 2. The van der Waals surface area contributed by atoms with Gasteiger partial charge in [0.15, 0.2) is 0 Å². The smallest absolute Gasteiger partial charge is 0.217 e. The topological polar surface area (TPSA) is 44.2 Å². The van der Waals surface area contributed by atoms with Crippen molar-refractivity contribution >= 4 is 11.6 Å². The van der Waals surface area contributed by atoms with Crippen LogP contribution in [0.5, 0.6) is 11.6 Å². The molecule has 2 rings (SSSR count). The van der Waals surface area contributed by atoms with Gasteiger partial charge in [0.25, 0.3) is 0 Å². The van der Waals surface area contributed by atoms with Crippen molar-refractivity contribution in [3.05, 3.63) is 46.9 Å². The van der Waals surface area contributed by atoms with Crippen molar-refractivity contribution < 1.29 is 9.47 Å². The first-order valence-electron chi connectivity index (χ1n) is 5.41. The lowest BCUT2D eigenvalue weighted by Crippen LogP contribution is -1.99. The maximum absolute atomic E-state index is 5.89. The van der Waals surface area contributed by atoms with Crippen LogP contribution < -0.4 is 9.47 Å². The van der Waals surface area contributed by atoms with E-state index in [0.717, 1.165) is 11.3 Å². The van der Waals surface area contributed by atoms with Crippen LogP contribution in [0.2, 0.25) is 5.15 Å². The zero-order valence-electron chi connectivity index (χ0n) is 10.2. The average Bonchev–Trinajstić information content (AvgIpc) is 2.39. The van der Waals surface area contributed by atoms with Gasteiger partial charge in [-0.25, -0.2) is 4.98 Å². The summed E-state index contributed by atoms with van der Waals surface area (Å²) in [5, 5.41) is 0.380. The van der Waals surface area contributed by atoms with E-state index in [0.29, 0.717) is 23.3 Å². The van der Waals surface area contributed by atoms with E-state index in [-0.39, 0.29) is 0 Å². The van der Waals surface area contributed by atoms with Crippen molar-refractivity contribution in [3.63, 3.8) is 0 Å². The van der Waals surface area contributed by atoms with Gasteiger partial charge in [-0.3, -0.25) is 0 Å². The summed E-state index contributed by atoms with van der Waals surface area (Å²) in [6.07, 6.45) is 0.598. The van der Waals surface area contributed by atoms with Gasteiger partial charge in [-0.2, -0.15) is 4.98 Å². The normalized spacial score (nSPS) is 10.2. The van der Waals surface area contributed by atoms with Gasteiger partial charge < -0.3 is 9.47 Å². The maximum Gasteiger partial charge on any atom is 0.217 e. The fraction of sp³-hybridized carbons (Fsp3) is 0.231. The minimum Gasteiger partial charge on any atom is -0.497 e. The molecule has 0 unspecified atom stereocenters. The Morgan fingerprint density at radius 3 is 2.39 bits per heavy atom. The lowest BCUT2D eigenvalue weighted by atomic mass is 10.1. The van der Waals surface area contributed by atoms with Crippen LogP contribution in [0.4, 0.5) is 0 Å². The molecule has 0 radical (unpaired) electrons. The number of halogens is 1. The van der Waals surface area contributed by atoms with Crippen LogP contribution in [-0.4, -0.2) is 24.2 Å². The van der Waals surface area contributed by atoms with Crippen LogP contribution in [0.3, 0.4) is 0 Å². The predicted octanol–water partition coefficient (Wildman–Crippen LogP) is 2.74. The summed E-state index contributed by atoms with van der Waals surface area (Å²) >= 11 is 5.89. The summed E-state index contributed by atoms with van der Waals surface area (Å²) in [5.74, 6) is 1.92. The molecule has 2 aromatic rings. The van der Waals surface area contributed by atoms with Crippen LogP contribution in [-0.2, 0) is 6.42 Å². The molecule has 0 atom stereocenters. The number of methoxy groups -OCH3 is 2. The quantitative estimate of drug-likeness (QED) is 0.797. The second-order valence-electron chi connectivity index (χ2n) is 3.67. The van der Waals surface area contributed by atoms with Gasteiger partial charge >= 0.3 is 0 Å². The Kier molecular flexibility index (Phi) is 3.99. The Labute approximate surface area is 111 Å². The van der Waals surface area contributed by atoms with Crippen molar-refractivity contribution in [2.45, 2.75) is 6.42 Å². The van der Waals surface area contributed by atoms with Crippen LogP contribution in [0.25, 0.3) is 0 Å². The zero-order valence-corrected chi connectivity index (χ0v) is 10.9. The molecule has 0 aliphatic carbocycles. The van der Waals surface area contributed by atoms with Crippen LogP contribution in [0, 0.1) is 0 Å². The highest BCUT2D eigenvalue weighted by molar-refractivity contribution is 6.29. The van der Waals surface area contributed by atoms with E-state index in [9.17, 15) is 0 Å². The van der Waals surface area contributed by atoms with Crippen molar-refractivity contribution in [1.82, 2.24) is 9.97 Å². The molecule has 5 heteroatoms. The maximum atomic E-state index is 5.89. The van der Waals surface area contributed by atoms with Gasteiger partial charge in [-0.05, 0) is 17.7 Å². The van der Waals surface area contributed by atoms with Crippen molar-refractivity contribution in [2.75, 3.05) is 14.2 Å². The highest BCUT2D eigenvalue weighted by atomic mass is 35.5. The second-order valence-corrected chi connectivity index (χ2v) is 4.06. The van der Waals surface area contributed by atoms with Crippen LogP contribution >= 0.6 is 11.6 Å². The average molecular weight is 265 g/mol. The predicted molar refractivity (Wildman–Crippen MR) is 69.4 cm³/mol. The number of hydrogen-bond acceptors (Lipinski definition) is 4. The second kappa shape index (κ2) is 5.69. The third-order valence-corrected chi connectivity index (χ3v) is 2.64. The molecule has 1 aromatic carbocycles. The van der Waals surface area contributed by atoms with Crippen molar-refractivity contribution in [2.24, 2.45) is 0 Å². The van der Waals surface area contributed by atoms with Crippen LogP contribution in [0.15, 0.2) is 30.3 Å². The van der Waals surface area contributed by atoms with Crippen molar-refractivity contribution in [1.29, 1.82) is 0 Å². The Balaban J connectivity index is 2.19. The zero-order chi connectivity index (χ0) is 13.0. The molecule has 0 N–H and O–H groups in total. The molecular weight excluding hydrogens is 252 g/mol. The molecule has 1 aromatic heterocycles. The molecule has 0 saturated heterocycles. The summed E-state index contributed by atoms with van der Waals surface area (Å²) in [5.41, 5.74) is 1.08. The molecule has 0 bridgehead atoms. The highest BCUT2D eigenvalue weighted by Gasteiger charge is 2.05. The highest BCUT2D eigenvalue weighted by Crippen LogP contribution is 2.17. The molecule has 4 nitrogen and oxygen atoms in total. The third-order valence-electron chi connectivity index (χ3n) is 2.45. The number of rotatable bonds is 4. The summed E-state index contributed by atoms with van der Waals surface area (Å²) in [6.45, 7) is 0.